The zero-order chi connectivity index (χ0) is 19.6. The smallest absolute Gasteiger partial charge is 0.233 e. The highest BCUT2D eigenvalue weighted by Crippen LogP contribution is 2.28. The predicted molar refractivity (Wildman–Crippen MR) is 114 cm³/mol. The maximum absolute atomic E-state index is 12.7. The molecule has 6 nitrogen and oxygen atoms in total. The van der Waals surface area contributed by atoms with Gasteiger partial charge in [-0.1, -0.05) is 30.3 Å². The molecule has 3 heterocycles. The Morgan fingerprint density at radius 2 is 2.00 bits per heavy atom. The molecule has 0 aliphatic carbocycles. The van der Waals surface area contributed by atoms with Gasteiger partial charge >= 0.3 is 0 Å². The second kappa shape index (κ2) is 7.75. The number of para-hydroxylation sites is 3. The largest absolute Gasteiger partial charge is 0.471 e. The monoisotopic (exact) mass is 404 g/mol. The molecule has 1 aliphatic heterocycles. The summed E-state index contributed by atoms with van der Waals surface area (Å²) in [5.41, 5.74) is 2.75. The molecule has 146 valence electrons. The van der Waals surface area contributed by atoms with E-state index in [1.54, 1.807) is 18.0 Å². The van der Waals surface area contributed by atoms with Crippen molar-refractivity contribution in [1.82, 2.24) is 19.9 Å². The third-order valence-electron chi connectivity index (χ3n) is 5.11. The molecule has 0 spiro atoms. The van der Waals surface area contributed by atoms with Crippen LogP contribution >= 0.6 is 11.8 Å². The molecular formula is C22H20N4O2S. The first kappa shape index (κ1) is 18.0. The number of H-pyrrole nitrogens is 1. The van der Waals surface area contributed by atoms with Gasteiger partial charge in [0.2, 0.25) is 11.8 Å². The molecular weight excluding hydrogens is 384 g/mol. The van der Waals surface area contributed by atoms with E-state index in [4.69, 9.17) is 4.74 Å². The van der Waals surface area contributed by atoms with Crippen molar-refractivity contribution in [2.75, 3.05) is 18.8 Å². The van der Waals surface area contributed by atoms with E-state index in [0.717, 1.165) is 33.3 Å². The maximum Gasteiger partial charge on any atom is 0.233 e. The molecule has 29 heavy (non-hydrogen) atoms. The number of aromatic nitrogens is 3. The van der Waals surface area contributed by atoms with Gasteiger partial charge in [0.25, 0.3) is 0 Å². The number of rotatable bonds is 5. The summed E-state index contributed by atoms with van der Waals surface area (Å²) in [7, 11) is 0. The quantitative estimate of drug-likeness (QED) is 0.511. The van der Waals surface area contributed by atoms with E-state index >= 15 is 0 Å². The van der Waals surface area contributed by atoms with Crippen LogP contribution in [-0.2, 0) is 4.79 Å². The number of ether oxygens (including phenoxy) is 1. The lowest BCUT2D eigenvalue weighted by atomic mass is 10.2. The van der Waals surface area contributed by atoms with Crippen molar-refractivity contribution in [3.8, 4) is 5.88 Å². The SMILES string of the molecule is O=C(CSc1c[nH]c2ccccc12)N1CCC(Oc2cnc3ccccc3n2)C1. The van der Waals surface area contributed by atoms with Crippen LogP contribution in [0.1, 0.15) is 6.42 Å². The van der Waals surface area contributed by atoms with Crippen LogP contribution in [0, 0.1) is 0 Å². The Bertz CT molecular complexity index is 1180. The van der Waals surface area contributed by atoms with Gasteiger partial charge in [-0.05, 0) is 18.2 Å². The normalized spacial score (nSPS) is 16.6. The Balaban J connectivity index is 1.18. The number of thioether (sulfide) groups is 1. The van der Waals surface area contributed by atoms with Gasteiger partial charge in [0, 0.05) is 35.0 Å². The average Bonchev–Trinajstić information content (AvgIpc) is 3.39. The molecule has 1 N–H and O–H groups in total. The number of nitrogens with zero attached hydrogens (tertiary/aromatic N) is 3. The minimum absolute atomic E-state index is 0.0486. The molecule has 1 atom stereocenters. The molecule has 5 rings (SSSR count). The second-order valence-electron chi connectivity index (χ2n) is 7.05. The molecule has 1 fully saturated rings. The van der Waals surface area contributed by atoms with Crippen LogP contribution in [0.25, 0.3) is 21.9 Å². The number of benzene rings is 2. The molecule has 1 amide bonds. The van der Waals surface area contributed by atoms with E-state index in [0.29, 0.717) is 24.7 Å². The summed E-state index contributed by atoms with van der Waals surface area (Å²) in [5, 5.41) is 1.16. The van der Waals surface area contributed by atoms with Crippen molar-refractivity contribution in [3.63, 3.8) is 0 Å². The number of hydrogen-bond donors (Lipinski definition) is 1. The van der Waals surface area contributed by atoms with Crippen LogP contribution in [0.5, 0.6) is 5.88 Å². The van der Waals surface area contributed by atoms with E-state index in [9.17, 15) is 4.79 Å². The second-order valence-corrected chi connectivity index (χ2v) is 8.07. The van der Waals surface area contributed by atoms with Crippen LogP contribution in [0.4, 0.5) is 0 Å². The van der Waals surface area contributed by atoms with E-state index in [1.807, 2.05) is 53.6 Å². The number of carbonyl (C=O) groups excluding carboxylic acids is 1. The highest BCUT2D eigenvalue weighted by Gasteiger charge is 2.28. The molecule has 1 unspecified atom stereocenters. The molecule has 0 bridgehead atoms. The van der Waals surface area contributed by atoms with Crippen molar-refractivity contribution in [2.24, 2.45) is 0 Å². The molecule has 1 saturated heterocycles. The maximum atomic E-state index is 12.7. The van der Waals surface area contributed by atoms with Gasteiger partial charge < -0.3 is 14.6 Å². The summed E-state index contributed by atoms with van der Waals surface area (Å²) >= 11 is 1.57. The van der Waals surface area contributed by atoms with Crippen LogP contribution in [0.3, 0.4) is 0 Å². The van der Waals surface area contributed by atoms with Crippen LogP contribution in [-0.4, -0.2) is 50.7 Å². The average molecular weight is 404 g/mol. The Morgan fingerprint density at radius 3 is 2.93 bits per heavy atom. The fraction of sp³-hybridized carbons (Fsp3) is 0.227. The molecule has 2 aromatic carbocycles. The van der Waals surface area contributed by atoms with Gasteiger partial charge in [-0.25, -0.2) is 9.97 Å². The minimum atomic E-state index is -0.0486. The predicted octanol–water partition coefficient (Wildman–Crippen LogP) is 3.88. The number of aromatic amines is 1. The fourth-order valence-corrected chi connectivity index (χ4v) is 4.55. The first-order chi connectivity index (χ1) is 14.3. The lowest BCUT2D eigenvalue weighted by Crippen LogP contribution is -2.32. The molecule has 0 radical (unpaired) electrons. The van der Waals surface area contributed by atoms with Crippen molar-refractivity contribution in [1.29, 1.82) is 0 Å². The van der Waals surface area contributed by atoms with Gasteiger partial charge in [-0.2, -0.15) is 0 Å². The van der Waals surface area contributed by atoms with Crippen molar-refractivity contribution in [3.05, 3.63) is 60.9 Å². The van der Waals surface area contributed by atoms with Gasteiger partial charge in [-0.15, -0.1) is 11.8 Å². The van der Waals surface area contributed by atoms with Crippen LogP contribution in [0.15, 0.2) is 65.8 Å². The van der Waals surface area contributed by atoms with Gasteiger partial charge in [0.1, 0.15) is 6.10 Å². The van der Waals surface area contributed by atoms with Crippen molar-refractivity contribution in [2.45, 2.75) is 17.4 Å². The standard InChI is InChI=1S/C22H20N4O2S/c27-22(14-29-20-11-23-17-6-2-1-5-16(17)20)26-10-9-15(13-26)28-21-12-24-18-7-3-4-8-19(18)25-21/h1-8,11-12,15,23H,9-10,13-14H2. The Morgan fingerprint density at radius 1 is 1.17 bits per heavy atom. The summed E-state index contributed by atoms with van der Waals surface area (Å²) in [4.78, 5) is 27.8. The number of amides is 1. The summed E-state index contributed by atoms with van der Waals surface area (Å²) in [5.74, 6) is 1.07. The Kier molecular flexibility index (Phi) is 4.81. The third-order valence-corrected chi connectivity index (χ3v) is 6.15. The highest BCUT2D eigenvalue weighted by molar-refractivity contribution is 8.00. The Labute approximate surface area is 172 Å². The zero-order valence-electron chi connectivity index (χ0n) is 15.7. The first-order valence-corrected chi connectivity index (χ1v) is 10.6. The molecule has 1 aliphatic rings. The highest BCUT2D eigenvalue weighted by atomic mass is 32.2. The zero-order valence-corrected chi connectivity index (χ0v) is 16.6. The van der Waals surface area contributed by atoms with E-state index < -0.39 is 0 Å². The van der Waals surface area contributed by atoms with Crippen LogP contribution < -0.4 is 4.74 Å². The number of fused-ring (bicyclic) bond motifs is 2. The number of likely N-dealkylation sites (tertiary alicyclic amines) is 1. The first-order valence-electron chi connectivity index (χ1n) is 9.61. The summed E-state index contributed by atoms with van der Waals surface area (Å²) in [6, 6.07) is 15.8. The van der Waals surface area contributed by atoms with E-state index in [1.165, 1.54) is 0 Å². The van der Waals surface area contributed by atoms with Crippen LogP contribution in [0.2, 0.25) is 0 Å². The van der Waals surface area contributed by atoms with E-state index in [2.05, 4.69) is 21.0 Å². The lowest BCUT2D eigenvalue weighted by molar-refractivity contribution is -0.127. The molecule has 7 heteroatoms. The molecule has 2 aromatic heterocycles. The Hall–Kier alpha value is -3.06. The number of nitrogens with one attached hydrogen (secondary N) is 1. The number of carbonyl (C=O) groups is 1. The summed E-state index contributed by atoms with van der Waals surface area (Å²) in [6.45, 7) is 1.29. The summed E-state index contributed by atoms with van der Waals surface area (Å²) < 4.78 is 5.99. The minimum Gasteiger partial charge on any atom is -0.471 e. The fourth-order valence-electron chi connectivity index (χ4n) is 3.61. The van der Waals surface area contributed by atoms with Gasteiger partial charge in [-0.3, -0.25) is 4.79 Å². The lowest BCUT2D eigenvalue weighted by Gasteiger charge is -2.16. The number of hydrogen-bond acceptors (Lipinski definition) is 5. The van der Waals surface area contributed by atoms with E-state index in [-0.39, 0.29) is 12.0 Å². The van der Waals surface area contributed by atoms with Gasteiger partial charge in [0.05, 0.1) is 29.5 Å². The molecule has 4 aromatic rings. The van der Waals surface area contributed by atoms with Crippen molar-refractivity contribution >= 4 is 39.6 Å². The third kappa shape index (κ3) is 3.78. The summed E-state index contributed by atoms with van der Waals surface area (Å²) in [6.07, 6.45) is 4.38. The van der Waals surface area contributed by atoms with Crippen molar-refractivity contribution < 1.29 is 9.53 Å². The van der Waals surface area contributed by atoms with Gasteiger partial charge in [0.15, 0.2) is 0 Å². The topological polar surface area (TPSA) is 71.1 Å². The molecule has 0 saturated carbocycles.